The number of para-hydroxylation sites is 2. The molecule has 4 heteroatoms. The van der Waals surface area contributed by atoms with Crippen LogP contribution in [0.15, 0.2) is 146 Å². The maximum absolute atomic E-state index is 4.97. The molecule has 1 unspecified atom stereocenters. The molecule has 0 radical (unpaired) electrons. The van der Waals surface area contributed by atoms with Crippen molar-refractivity contribution in [3.63, 3.8) is 0 Å². The van der Waals surface area contributed by atoms with Crippen LogP contribution in [0, 0.1) is 5.92 Å². The summed E-state index contributed by atoms with van der Waals surface area (Å²) in [5.41, 5.74) is 8.99. The van der Waals surface area contributed by atoms with Crippen LogP contribution in [-0.4, -0.2) is 19.5 Å². The molecule has 2 aromatic heterocycles. The lowest BCUT2D eigenvalue weighted by atomic mass is 9.92. The zero-order valence-electron chi connectivity index (χ0n) is 24.4. The zero-order valence-corrected chi connectivity index (χ0v) is 24.4. The second kappa shape index (κ2) is 10.9. The molecule has 0 amide bonds. The van der Waals surface area contributed by atoms with Gasteiger partial charge in [-0.1, -0.05) is 128 Å². The molecule has 5 aromatic carbocycles. The molecule has 8 rings (SSSR count). The third-order valence-electron chi connectivity index (χ3n) is 8.54. The lowest BCUT2D eigenvalue weighted by Crippen LogP contribution is -2.08. The van der Waals surface area contributed by atoms with Gasteiger partial charge in [0.25, 0.3) is 0 Å². The standard InChI is InChI=1S/C40H30N4/c1-27-11-5-6-14-33(27)40-42-38(30-12-3-2-4-13-30)41-39(43-40)31-21-19-28(20-22-31)29-23-25-32(26-24-29)44-36-17-9-7-15-34(36)35-16-8-10-18-37(35)44/h2-10,12-27H,11H2,1H3. The van der Waals surface area contributed by atoms with Gasteiger partial charge >= 0.3 is 0 Å². The quantitative estimate of drug-likeness (QED) is 0.208. The molecule has 7 aromatic rings. The summed E-state index contributed by atoms with van der Waals surface area (Å²) < 4.78 is 2.35. The average Bonchev–Trinajstić information content (AvgIpc) is 3.43. The van der Waals surface area contributed by atoms with Crippen molar-refractivity contribution >= 4 is 27.4 Å². The summed E-state index contributed by atoms with van der Waals surface area (Å²) in [6, 6.07) is 44.7. The molecule has 2 heterocycles. The van der Waals surface area contributed by atoms with Crippen LogP contribution in [0.1, 0.15) is 19.2 Å². The van der Waals surface area contributed by atoms with Crippen LogP contribution in [0.5, 0.6) is 0 Å². The number of aromatic nitrogens is 4. The predicted molar refractivity (Wildman–Crippen MR) is 181 cm³/mol. The van der Waals surface area contributed by atoms with E-state index in [1.54, 1.807) is 0 Å². The Labute approximate surface area is 256 Å². The zero-order chi connectivity index (χ0) is 29.5. The van der Waals surface area contributed by atoms with E-state index in [2.05, 4.69) is 127 Å². The Morgan fingerprint density at radius 3 is 1.64 bits per heavy atom. The number of rotatable bonds is 5. The van der Waals surface area contributed by atoms with Crippen molar-refractivity contribution in [3.8, 4) is 39.6 Å². The van der Waals surface area contributed by atoms with Crippen molar-refractivity contribution in [1.29, 1.82) is 0 Å². The largest absolute Gasteiger partial charge is 0.309 e. The highest BCUT2D eigenvalue weighted by atomic mass is 15.0. The van der Waals surface area contributed by atoms with E-state index in [0.717, 1.165) is 45.8 Å². The average molecular weight is 567 g/mol. The van der Waals surface area contributed by atoms with Gasteiger partial charge in [0, 0.05) is 33.2 Å². The number of fused-ring (bicyclic) bond motifs is 3. The van der Waals surface area contributed by atoms with E-state index >= 15 is 0 Å². The molecule has 0 saturated heterocycles. The normalized spacial score (nSPS) is 14.7. The van der Waals surface area contributed by atoms with Gasteiger partial charge in [-0.05, 0) is 47.7 Å². The maximum Gasteiger partial charge on any atom is 0.164 e. The molecule has 44 heavy (non-hydrogen) atoms. The molecule has 1 aliphatic carbocycles. The summed E-state index contributed by atoms with van der Waals surface area (Å²) in [5, 5.41) is 2.54. The first-order chi connectivity index (χ1) is 21.7. The molecule has 210 valence electrons. The SMILES string of the molecule is CC1CC=CC=C1c1nc(-c2ccccc2)nc(-c2ccc(-c3ccc(-n4c5ccccc5c5ccccc54)cc3)cc2)n1. The van der Waals surface area contributed by atoms with E-state index in [4.69, 9.17) is 15.0 Å². The molecule has 0 bridgehead atoms. The number of nitrogens with zero attached hydrogens (tertiary/aromatic N) is 4. The number of benzene rings is 5. The fraction of sp³-hybridized carbons (Fsp3) is 0.0750. The smallest absolute Gasteiger partial charge is 0.164 e. The third-order valence-corrected chi connectivity index (χ3v) is 8.54. The van der Waals surface area contributed by atoms with Gasteiger partial charge in [0.2, 0.25) is 0 Å². The van der Waals surface area contributed by atoms with Crippen LogP contribution in [0.4, 0.5) is 0 Å². The molecule has 0 saturated carbocycles. The Kier molecular flexibility index (Phi) is 6.45. The van der Waals surface area contributed by atoms with Gasteiger partial charge in [-0.3, -0.25) is 0 Å². The summed E-state index contributed by atoms with van der Waals surface area (Å²) in [7, 11) is 0. The van der Waals surface area contributed by atoms with Gasteiger partial charge in [-0.15, -0.1) is 0 Å². The Balaban J connectivity index is 1.14. The van der Waals surface area contributed by atoms with Gasteiger partial charge in [0.1, 0.15) is 0 Å². The van der Waals surface area contributed by atoms with Crippen LogP contribution in [0.3, 0.4) is 0 Å². The highest BCUT2D eigenvalue weighted by molar-refractivity contribution is 6.09. The lowest BCUT2D eigenvalue weighted by Gasteiger charge is -2.17. The van der Waals surface area contributed by atoms with Crippen LogP contribution < -0.4 is 0 Å². The Morgan fingerprint density at radius 1 is 0.523 bits per heavy atom. The topological polar surface area (TPSA) is 43.6 Å². The van der Waals surface area contributed by atoms with Crippen LogP contribution in [0.2, 0.25) is 0 Å². The van der Waals surface area contributed by atoms with Crippen molar-refractivity contribution in [2.24, 2.45) is 5.92 Å². The molecule has 0 aliphatic heterocycles. The third kappa shape index (κ3) is 4.61. The first-order valence-electron chi connectivity index (χ1n) is 15.1. The van der Waals surface area contributed by atoms with Crippen LogP contribution >= 0.6 is 0 Å². The highest BCUT2D eigenvalue weighted by Crippen LogP contribution is 2.34. The number of hydrogen-bond acceptors (Lipinski definition) is 3. The molecule has 0 N–H and O–H groups in total. The second-order valence-corrected chi connectivity index (χ2v) is 11.4. The fourth-order valence-electron chi connectivity index (χ4n) is 6.21. The summed E-state index contributed by atoms with van der Waals surface area (Å²) >= 11 is 0. The van der Waals surface area contributed by atoms with E-state index in [1.807, 2.05) is 30.3 Å². The summed E-state index contributed by atoms with van der Waals surface area (Å²) in [6.45, 7) is 2.22. The Morgan fingerprint density at radius 2 is 1.02 bits per heavy atom. The summed E-state index contributed by atoms with van der Waals surface area (Å²) in [5.74, 6) is 2.48. The van der Waals surface area contributed by atoms with Crippen LogP contribution in [0.25, 0.3) is 67.0 Å². The minimum atomic E-state index is 0.353. The van der Waals surface area contributed by atoms with Crippen molar-refractivity contribution in [2.75, 3.05) is 0 Å². The Hall–Kier alpha value is -5.61. The predicted octanol–water partition coefficient (Wildman–Crippen LogP) is 9.95. The minimum absolute atomic E-state index is 0.353. The summed E-state index contributed by atoms with van der Waals surface area (Å²) in [4.78, 5) is 14.8. The van der Waals surface area contributed by atoms with Gasteiger partial charge in [-0.2, -0.15) is 0 Å². The molecular formula is C40H30N4. The molecule has 0 spiro atoms. The first kappa shape index (κ1) is 26.1. The highest BCUT2D eigenvalue weighted by Gasteiger charge is 2.19. The van der Waals surface area contributed by atoms with Gasteiger partial charge < -0.3 is 4.57 Å². The molecule has 1 aliphatic rings. The van der Waals surface area contributed by atoms with E-state index in [9.17, 15) is 0 Å². The number of hydrogen-bond donors (Lipinski definition) is 0. The van der Waals surface area contributed by atoms with Gasteiger partial charge in [-0.25, -0.2) is 15.0 Å². The molecule has 1 atom stereocenters. The Bertz CT molecular complexity index is 2130. The van der Waals surface area contributed by atoms with E-state index < -0.39 is 0 Å². The van der Waals surface area contributed by atoms with E-state index in [1.165, 1.54) is 21.8 Å². The van der Waals surface area contributed by atoms with Crippen molar-refractivity contribution in [1.82, 2.24) is 19.5 Å². The molecule has 0 fully saturated rings. The fourth-order valence-corrected chi connectivity index (χ4v) is 6.21. The molecule has 4 nitrogen and oxygen atoms in total. The van der Waals surface area contributed by atoms with Gasteiger partial charge in [0.15, 0.2) is 17.5 Å². The second-order valence-electron chi connectivity index (χ2n) is 11.4. The molecular weight excluding hydrogens is 536 g/mol. The lowest BCUT2D eigenvalue weighted by molar-refractivity contribution is 0.747. The first-order valence-corrected chi connectivity index (χ1v) is 15.1. The van der Waals surface area contributed by atoms with E-state index in [0.29, 0.717) is 17.6 Å². The van der Waals surface area contributed by atoms with Crippen molar-refractivity contribution < 1.29 is 0 Å². The summed E-state index contributed by atoms with van der Waals surface area (Å²) in [6.07, 6.45) is 7.41. The monoisotopic (exact) mass is 566 g/mol. The minimum Gasteiger partial charge on any atom is -0.309 e. The van der Waals surface area contributed by atoms with Crippen LogP contribution in [-0.2, 0) is 0 Å². The van der Waals surface area contributed by atoms with Gasteiger partial charge in [0.05, 0.1) is 11.0 Å². The van der Waals surface area contributed by atoms with Crippen molar-refractivity contribution in [3.05, 3.63) is 151 Å². The van der Waals surface area contributed by atoms with E-state index in [-0.39, 0.29) is 0 Å². The maximum atomic E-state index is 4.97. The number of allylic oxidation sites excluding steroid dienone is 4. The van der Waals surface area contributed by atoms with Crippen molar-refractivity contribution in [2.45, 2.75) is 13.3 Å².